The Labute approximate surface area is 86.1 Å². The average Bonchev–Trinajstić information content (AvgIpc) is 2.61. The Kier molecular flexibility index (Phi) is 2.63. The van der Waals surface area contributed by atoms with Gasteiger partial charge < -0.3 is 9.84 Å². The van der Waals surface area contributed by atoms with Gasteiger partial charge in [0.15, 0.2) is 0 Å². The molecule has 0 bridgehead atoms. The molecule has 0 atom stereocenters. The molecule has 0 amide bonds. The molecule has 4 heteroatoms. The van der Waals surface area contributed by atoms with E-state index >= 15 is 0 Å². The summed E-state index contributed by atoms with van der Waals surface area (Å²) in [5.74, 6) is 0.788. The van der Waals surface area contributed by atoms with Gasteiger partial charge in [0.2, 0.25) is 0 Å². The summed E-state index contributed by atoms with van der Waals surface area (Å²) in [6, 6.07) is 5.88. The van der Waals surface area contributed by atoms with E-state index < -0.39 is 5.97 Å². The van der Waals surface area contributed by atoms with Gasteiger partial charge in [-0.15, -0.1) is 0 Å². The molecule has 0 saturated carbocycles. The van der Waals surface area contributed by atoms with Crippen LogP contribution in [0.4, 0.5) is 0 Å². The lowest BCUT2D eigenvalue weighted by Gasteiger charge is -2.01. The molecule has 1 heterocycles. The van der Waals surface area contributed by atoms with E-state index in [1.165, 1.54) is 0 Å². The Morgan fingerprint density at radius 1 is 1.57 bits per heavy atom. The molecule has 0 spiro atoms. The highest BCUT2D eigenvalue weighted by Gasteiger charge is 2.12. The number of benzene rings is 1. The first-order valence-electron chi connectivity index (χ1n) is 4.36. The Morgan fingerprint density at radius 3 is 3.21 bits per heavy atom. The van der Waals surface area contributed by atoms with Gasteiger partial charge in [0, 0.05) is 6.42 Å². The van der Waals surface area contributed by atoms with Gasteiger partial charge in [-0.2, -0.15) is 0 Å². The van der Waals surface area contributed by atoms with Crippen LogP contribution in [0.25, 0.3) is 0 Å². The Balaban J connectivity index is 2.09. The van der Waals surface area contributed by atoms with E-state index in [4.69, 9.17) is 9.84 Å². The molecule has 14 heavy (non-hydrogen) atoms. The van der Waals surface area contributed by atoms with Gasteiger partial charge >= 0.3 is 5.97 Å². The highest BCUT2D eigenvalue weighted by molar-refractivity contribution is 7.99. The van der Waals surface area contributed by atoms with Gasteiger partial charge in [-0.25, -0.2) is 0 Å². The molecule has 0 fully saturated rings. The first-order chi connectivity index (χ1) is 6.75. The van der Waals surface area contributed by atoms with Crippen molar-refractivity contribution < 1.29 is 14.6 Å². The van der Waals surface area contributed by atoms with Crippen molar-refractivity contribution in [2.45, 2.75) is 17.7 Å². The van der Waals surface area contributed by atoms with Crippen LogP contribution in [-0.4, -0.2) is 17.0 Å². The topological polar surface area (TPSA) is 46.5 Å². The minimum atomic E-state index is -0.763. The van der Waals surface area contributed by atoms with E-state index in [1.807, 2.05) is 18.2 Å². The van der Waals surface area contributed by atoms with E-state index in [9.17, 15) is 4.79 Å². The van der Waals surface area contributed by atoms with Gasteiger partial charge in [0.25, 0.3) is 0 Å². The maximum absolute atomic E-state index is 10.4. The van der Waals surface area contributed by atoms with Crippen molar-refractivity contribution in [2.24, 2.45) is 0 Å². The summed E-state index contributed by atoms with van der Waals surface area (Å²) in [6.45, 7) is 0. The van der Waals surface area contributed by atoms with Gasteiger partial charge in [0.1, 0.15) is 11.7 Å². The molecule has 3 nitrogen and oxygen atoms in total. The third kappa shape index (κ3) is 2.01. The maximum atomic E-state index is 10.4. The highest BCUT2D eigenvalue weighted by atomic mass is 32.2. The Bertz CT molecular complexity index is 362. The van der Waals surface area contributed by atoms with Gasteiger partial charge in [-0.1, -0.05) is 17.8 Å². The lowest BCUT2D eigenvalue weighted by molar-refractivity contribution is -0.136. The first kappa shape index (κ1) is 9.40. The van der Waals surface area contributed by atoms with Gasteiger partial charge in [-0.3, -0.25) is 4.79 Å². The fourth-order valence-corrected chi connectivity index (χ4v) is 2.08. The standard InChI is InChI=1S/C10H10O3S/c11-10(12)4-2-7-1-3-9-8(5-7)13-6-14-9/h1,3,5H,2,4,6H2,(H,11,12). The molecular weight excluding hydrogens is 200 g/mol. The summed E-state index contributed by atoms with van der Waals surface area (Å²) < 4.78 is 5.36. The summed E-state index contributed by atoms with van der Waals surface area (Å²) in [5.41, 5.74) is 1.02. The molecule has 0 aliphatic carbocycles. The zero-order valence-corrected chi connectivity index (χ0v) is 8.34. The van der Waals surface area contributed by atoms with Crippen LogP contribution in [0.3, 0.4) is 0 Å². The van der Waals surface area contributed by atoms with Crippen molar-refractivity contribution in [3.05, 3.63) is 23.8 Å². The van der Waals surface area contributed by atoms with Crippen molar-refractivity contribution >= 4 is 17.7 Å². The van der Waals surface area contributed by atoms with Crippen LogP contribution in [-0.2, 0) is 11.2 Å². The van der Waals surface area contributed by atoms with Crippen molar-refractivity contribution in [2.75, 3.05) is 5.94 Å². The number of carbonyl (C=O) groups is 1. The Hall–Kier alpha value is -1.16. The summed E-state index contributed by atoms with van der Waals surface area (Å²) in [5, 5.41) is 8.53. The fraction of sp³-hybridized carbons (Fsp3) is 0.300. The lowest BCUT2D eigenvalue weighted by Crippen LogP contribution is -1.97. The predicted octanol–water partition coefficient (Wildman–Crippen LogP) is 2.15. The number of hydrogen-bond acceptors (Lipinski definition) is 3. The van der Waals surface area contributed by atoms with Crippen molar-refractivity contribution in [3.8, 4) is 5.75 Å². The fourth-order valence-electron chi connectivity index (χ4n) is 1.35. The number of carboxylic acids is 1. The molecular formula is C10H10O3S. The summed E-state index contributed by atoms with van der Waals surface area (Å²) in [4.78, 5) is 11.5. The molecule has 1 aromatic rings. The summed E-state index contributed by atoms with van der Waals surface area (Å²) in [7, 11) is 0. The smallest absolute Gasteiger partial charge is 0.303 e. The average molecular weight is 210 g/mol. The van der Waals surface area contributed by atoms with E-state index in [-0.39, 0.29) is 6.42 Å². The zero-order valence-electron chi connectivity index (χ0n) is 7.53. The van der Waals surface area contributed by atoms with Gasteiger partial charge in [-0.05, 0) is 24.1 Å². The number of fused-ring (bicyclic) bond motifs is 1. The highest BCUT2D eigenvalue weighted by Crippen LogP contribution is 2.36. The van der Waals surface area contributed by atoms with Crippen molar-refractivity contribution in [3.63, 3.8) is 0 Å². The number of aryl methyl sites for hydroxylation is 1. The molecule has 2 rings (SSSR count). The van der Waals surface area contributed by atoms with Crippen LogP contribution in [0.1, 0.15) is 12.0 Å². The molecule has 0 aromatic heterocycles. The molecule has 0 saturated heterocycles. The minimum absolute atomic E-state index is 0.173. The summed E-state index contributed by atoms with van der Waals surface area (Å²) in [6.07, 6.45) is 0.739. The third-order valence-corrected chi connectivity index (χ3v) is 2.95. The second-order valence-corrected chi connectivity index (χ2v) is 4.05. The SMILES string of the molecule is O=C(O)CCc1ccc2c(c1)OCS2. The number of thioether (sulfide) groups is 1. The molecule has 1 N–H and O–H groups in total. The number of carboxylic acid groups (broad SMARTS) is 1. The minimum Gasteiger partial charge on any atom is -0.481 e. The van der Waals surface area contributed by atoms with Crippen molar-refractivity contribution in [1.29, 1.82) is 0 Å². The number of rotatable bonds is 3. The van der Waals surface area contributed by atoms with Crippen molar-refractivity contribution in [1.82, 2.24) is 0 Å². The van der Waals surface area contributed by atoms with E-state index in [0.29, 0.717) is 12.4 Å². The van der Waals surface area contributed by atoms with E-state index in [1.54, 1.807) is 11.8 Å². The zero-order chi connectivity index (χ0) is 9.97. The van der Waals surface area contributed by atoms with Crippen LogP contribution in [0.5, 0.6) is 5.75 Å². The lowest BCUT2D eigenvalue weighted by atomic mass is 10.1. The van der Waals surface area contributed by atoms with E-state index in [2.05, 4.69) is 0 Å². The first-order valence-corrected chi connectivity index (χ1v) is 5.34. The number of ether oxygens (including phenoxy) is 1. The third-order valence-electron chi connectivity index (χ3n) is 2.06. The molecule has 1 aliphatic rings. The largest absolute Gasteiger partial charge is 0.481 e. The second-order valence-electron chi connectivity index (χ2n) is 3.08. The summed E-state index contributed by atoms with van der Waals surface area (Å²) >= 11 is 1.66. The second kappa shape index (κ2) is 3.92. The quantitative estimate of drug-likeness (QED) is 0.830. The monoisotopic (exact) mass is 210 g/mol. The number of aliphatic carboxylic acids is 1. The van der Waals surface area contributed by atoms with E-state index in [0.717, 1.165) is 16.2 Å². The molecule has 0 radical (unpaired) electrons. The molecule has 1 aromatic carbocycles. The normalized spacial score (nSPS) is 13.4. The molecule has 0 unspecified atom stereocenters. The van der Waals surface area contributed by atoms with Crippen LogP contribution in [0.15, 0.2) is 23.1 Å². The molecule has 74 valence electrons. The Morgan fingerprint density at radius 2 is 2.43 bits per heavy atom. The molecule has 1 aliphatic heterocycles. The predicted molar refractivity (Wildman–Crippen MR) is 53.8 cm³/mol. The maximum Gasteiger partial charge on any atom is 0.303 e. The van der Waals surface area contributed by atoms with Crippen LogP contribution >= 0.6 is 11.8 Å². The van der Waals surface area contributed by atoms with Gasteiger partial charge in [0.05, 0.1) is 4.90 Å². The van der Waals surface area contributed by atoms with Crippen LogP contribution in [0, 0.1) is 0 Å². The number of hydrogen-bond donors (Lipinski definition) is 1. The van der Waals surface area contributed by atoms with Crippen LogP contribution < -0.4 is 4.74 Å². The van der Waals surface area contributed by atoms with Crippen LogP contribution in [0.2, 0.25) is 0 Å².